The maximum Gasteiger partial charge on any atom is 0.320 e. The third-order valence-electron chi connectivity index (χ3n) is 2.40. The molecular weight excluding hydrogens is 291 g/mol. The van der Waals surface area contributed by atoms with Crippen LogP contribution in [0.3, 0.4) is 0 Å². The molecule has 1 atom stereocenters. The molecule has 0 aliphatic heterocycles. The number of halogens is 2. The average molecular weight is 305 g/mol. The number of para-hydroxylation sites is 1. The monoisotopic (exact) mass is 304 g/mol. The van der Waals surface area contributed by atoms with Crippen molar-refractivity contribution < 1.29 is 14.7 Å². The molecule has 0 aliphatic rings. The van der Waals surface area contributed by atoms with E-state index in [2.05, 4.69) is 10.6 Å². The van der Waals surface area contributed by atoms with Crippen LogP contribution in [0.5, 0.6) is 0 Å². The van der Waals surface area contributed by atoms with Crippen LogP contribution < -0.4 is 10.6 Å². The zero-order chi connectivity index (χ0) is 14.4. The average Bonchev–Trinajstić information content (AvgIpc) is 2.33. The lowest BCUT2D eigenvalue weighted by Gasteiger charge is -2.11. The van der Waals surface area contributed by atoms with Gasteiger partial charge in [-0.3, -0.25) is 9.59 Å². The van der Waals surface area contributed by atoms with E-state index >= 15 is 0 Å². The lowest BCUT2D eigenvalue weighted by atomic mass is 10.3. The first kappa shape index (κ1) is 15.8. The van der Waals surface area contributed by atoms with Crippen molar-refractivity contribution in [2.45, 2.75) is 19.4 Å². The standard InChI is InChI=1S/C12H14Cl2N2O3/c1-7(12(18)19)15-6-5-10(17)16-11-8(13)3-2-4-9(11)14/h2-4,7,15H,5-6H2,1H3,(H,16,17)(H,18,19)/t7-/m0/s1. The molecule has 7 heteroatoms. The Morgan fingerprint density at radius 3 is 2.42 bits per heavy atom. The molecule has 0 bridgehead atoms. The summed E-state index contributed by atoms with van der Waals surface area (Å²) in [4.78, 5) is 22.2. The first-order valence-corrected chi connectivity index (χ1v) is 6.37. The Morgan fingerprint density at radius 2 is 1.89 bits per heavy atom. The van der Waals surface area contributed by atoms with E-state index in [1.165, 1.54) is 6.92 Å². The third kappa shape index (κ3) is 5.06. The SMILES string of the molecule is C[C@H](NCCC(=O)Nc1c(Cl)cccc1Cl)C(=O)O. The Labute approximate surface area is 120 Å². The summed E-state index contributed by atoms with van der Waals surface area (Å²) in [6, 6.07) is 4.22. The van der Waals surface area contributed by atoms with E-state index in [1.54, 1.807) is 18.2 Å². The van der Waals surface area contributed by atoms with Crippen molar-refractivity contribution in [3.63, 3.8) is 0 Å². The van der Waals surface area contributed by atoms with Crippen molar-refractivity contribution >= 4 is 40.8 Å². The lowest BCUT2D eigenvalue weighted by molar-refractivity contribution is -0.139. The number of anilines is 1. The molecule has 0 fully saturated rings. The molecule has 1 amide bonds. The molecule has 1 rings (SSSR count). The Morgan fingerprint density at radius 1 is 1.32 bits per heavy atom. The number of nitrogens with one attached hydrogen (secondary N) is 2. The fraction of sp³-hybridized carbons (Fsp3) is 0.333. The normalized spacial score (nSPS) is 11.9. The quantitative estimate of drug-likeness (QED) is 0.754. The second kappa shape index (κ2) is 7.33. The smallest absolute Gasteiger partial charge is 0.320 e. The van der Waals surface area contributed by atoms with E-state index in [9.17, 15) is 9.59 Å². The highest BCUT2D eigenvalue weighted by Gasteiger charge is 2.12. The highest BCUT2D eigenvalue weighted by atomic mass is 35.5. The molecule has 0 saturated heterocycles. The van der Waals surface area contributed by atoms with Crippen molar-refractivity contribution in [2.24, 2.45) is 0 Å². The molecule has 0 unspecified atom stereocenters. The van der Waals surface area contributed by atoms with Gasteiger partial charge in [-0.05, 0) is 19.1 Å². The van der Waals surface area contributed by atoms with E-state index in [4.69, 9.17) is 28.3 Å². The van der Waals surface area contributed by atoms with E-state index in [1.807, 2.05) is 0 Å². The number of hydrogen-bond acceptors (Lipinski definition) is 3. The minimum atomic E-state index is -0.963. The molecule has 104 valence electrons. The maximum absolute atomic E-state index is 11.7. The molecule has 0 spiro atoms. The van der Waals surface area contributed by atoms with Gasteiger partial charge in [0.2, 0.25) is 5.91 Å². The molecule has 5 nitrogen and oxygen atoms in total. The van der Waals surface area contributed by atoms with Gasteiger partial charge in [0, 0.05) is 13.0 Å². The Kier molecular flexibility index (Phi) is 6.08. The summed E-state index contributed by atoms with van der Waals surface area (Å²) in [5.41, 5.74) is 0.363. The number of carbonyl (C=O) groups is 2. The summed E-state index contributed by atoms with van der Waals surface area (Å²) < 4.78 is 0. The maximum atomic E-state index is 11.7. The van der Waals surface area contributed by atoms with Crippen molar-refractivity contribution in [1.29, 1.82) is 0 Å². The number of rotatable bonds is 6. The molecule has 19 heavy (non-hydrogen) atoms. The zero-order valence-corrected chi connectivity index (χ0v) is 11.8. The lowest BCUT2D eigenvalue weighted by Crippen LogP contribution is -2.35. The fourth-order valence-corrected chi connectivity index (χ4v) is 1.80. The number of hydrogen-bond donors (Lipinski definition) is 3. The molecule has 0 aromatic heterocycles. The predicted molar refractivity (Wildman–Crippen MR) is 74.8 cm³/mol. The Hall–Kier alpha value is -1.30. The van der Waals surface area contributed by atoms with Gasteiger partial charge in [-0.15, -0.1) is 0 Å². The largest absolute Gasteiger partial charge is 0.480 e. The van der Waals surface area contributed by atoms with Gasteiger partial charge in [-0.1, -0.05) is 29.3 Å². The van der Waals surface area contributed by atoms with E-state index in [0.29, 0.717) is 15.7 Å². The zero-order valence-electron chi connectivity index (χ0n) is 10.2. The van der Waals surface area contributed by atoms with Crippen LogP contribution in [0, 0.1) is 0 Å². The van der Waals surface area contributed by atoms with Gasteiger partial charge >= 0.3 is 5.97 Å². The van der Waals surface area contributed by atoms with Gasteiger partial charge in [0.1, 0.15) is 6.04 Å². The van der Waals surface area contributed by atoms with Crippen LogP contribution >= 0.6 is 23.2 Å². The van der Waals surface area contributed by atoms with Gasteiger partial charge in [0.05, 0.1) is 15.7 Å². The minimum Gasteiger partial charge on any atom is -0.480 e. The number of carbonyl (C=O) groups excluding carboxylic acids is 1. The van der Waals surface area contributed by atoms with Crippen LogP contribution in [0.25, 0.3) is 0 Å². The van der Waals surface area contributed by atoms with Gasteiger partial charge in [-0.2, -0.15) is 0 Å². The number of carboxylic acid groups (broad SMARTS) is 1. The molecule has 1 aromatic rings. The van der Waals surface area contributed by atoms with E-state index in [0.717, 1.165) is 0 Å². The summed E-state index contributed by atoms with van der Waals surface area (Å²) in [6.07, 6.45) is 0.124. The van der Waals surface area contributed by atoms with E-state index < -0.39 is 12.0 Å². The van der Waals surface area contributed by atoms with Crippen molar-refractivity contribution in [3.05, 3.63) is 28.2 Å². The number of aliphatic carboxylic acids is 1. The molecule has 1 aromatic carbocycles. The van der Waals surface area contributed by atoms with Crippen LogP contribution in [0.4, 0.5) is 5.69 Å². The van der Waals surface area contributed by atoms with Crippen LogP contribution in [0.1, 0.15) is 13.3 Å². The molecular formula is C12H14Cl2N2O3. The van der Waals surface area contributed by atoms with Gasteiger partial charge in [-0.25, -0.2) is 0 Å². The molecule has 0 heterocycles. The van der Waals surface area contributed by atoms with E-state index in [-0.39, 0.29) is 18.9 Å². The highest BCUT2D eigenvalue weighted by Crippen LogP contribution is 2.29. The van der Waals surface area contributed by atoms with Gasteiger partial charge < -0.3 is 15.7 Å². The second-order valence-electron chi connectivity index (χ2n) is 3.91. The van der Waals surface area contributed by atoms with Crippen LogP contribution in [0.2, 0.25) is 10.0 Å². The van der Waals surface area contributed by atoms with Gasteiger partial charge in [0.25, 0.3) is 0 Å². The van der Waals surface area contributed by atoms with Crippen molar-refractivity contribution in [3.8, 4) is 0 Å². The molecule has 0 aliphatic carbocycles. The summed E-state index contributed by atoms with van der Waals surface area (Å²) in [6.45, 7) is 1.76. The first-order valence-electron chi connectivity index (χ1n) is 5.62. The number of carboxylic acids is 1. The number of benzene rings is 1. The highest BCUT2D eigenvalue weighted by molar-refractivity contribution is 6.39. The van der Waals surface area contributed by atoms with Crippen LogP contribution in [0.15, 0.2) is 18.2 Å². The fourth-order valence-electron chi connectivity index (χ4n) is 1.31. The summed E-state index contributed by atoms with van der Waals surface area (Å²) in [5, 5.41) is 14.7. The molecule has 0 radical (unpaired) electrons. The summed E-state index contributed by atoms with van der Waals surface area (Å²) in [5.74, 6) is -1.25. The topological polar surface area (TPSA) is 78.4 Å². The van der Waals surface area contributed by atoms with Crippen molar-refractivity contribution in [2.75, 3.05) is 11.9 Å². The summed E-state index contributed by atoms with van der Waals surface area (Å²) in [7, 11) is 0. The first-order chi connectivity index (χ1) is 8.91. The molecule has 0 saturated carbocycles. The number of amides is 1. The minimum absolute atomic E-state index is 0.124. The predicted octanol–water partition coefficient (Wildman–Crippen LogP) is 2.38. The van der Waals surface area contributed by atoms with Crippen LogP contribution in [-0.4, -0.2) is 29.6 Å². The van der Waals surface area contributed by atoms with Crippen molar-refractivity contribution in [1.82, 2.24) is 5.32 Å². The Balaban J connectivity index is 2.46. The van der Waals surface area contributed by atoms with Crippen LogP contribution in [-0.2, 0) is 9.59 Å². The third-order valence-corrected chi connectivity index (χ3v) is 3.03. The molecule has 3 N–H and O–H groups in total. The summed E-state index contributed by atoms with van der Waals surface area (Å²) >= 11 is 11.8. The van der Waals surface area contributed by atoms with Gasteiger partial charge in [0.15, 0.2) is 0 Å². The second-order valence-corrected chi connectivity index (χ2v) is 4.72. The Bertz CT molecular complexity index is 460.